The maximum absolute atomic E-state index is 7.58. The Morgan fingerprint density at radius 3 is 2.67 bits per heavy atom. The quantitative estimate of drug-likeness (QED) is 0.671. The molecule has 0 fully saturated rings. The highest BCUT2D eigenvalue weighted by atomic mass is 35.5. The van der Waals surface area contributed by atoms with Gasteiger partial charge in [-0.2, -0.15) is 0 Å². The third-order valence-corrected chi connectivity index (χ3v) is 3.76. The number of nitrogens with two attached hydrogens (primary N) is 1. The van der Waals surface area contributed by atoms with Crippen molar-refractivity contribution in [1.82, 2.24) is 4.98 Å². The monoisotopic (exact) mass is 302 g/mol. The summed E-state index contributed by atoms with van der Waals surface area (Å²) in [6.45, 7) is 3.98. The Morgan fingerprint density at radius 2 is 2.05 bits per heavy atom. The second-order valence-electron chi connectivity index (χ2n) is 5.11. The van der Waals surface area contributed by atoms with Gasteiger partial charge in [-0.15, -0.1) is 0 Å². The fraction of sp³-hybridized carbons (Fsp3) is 0.250. The highest BCUT2D eigenvalue weighted by Gasteiger charge is 2.15. The third kappa shape index (κ3) is 3.52. The normalized spacial score (nSPS) is 12.0. The predicted molar refractivity (Wildman–Crippen MR) is 88.3 cm³/mol. The maximum Gasteiger partial charge on any atom is 0.129 e. The van der Waals surface area contributed by atoms with Gasteiger partial charge >= 0.3 is 0 Å². The predicted octanol–water partition coefficient (Wildman–Crippen LogP) is 3.52. The second kappa shape index (κ2) is 6.14. The summed E-state index contributed by atoms with van der Waals surface area (Å²) in [7, 11) is 1.97. The van der Waals surface area contributed by atoms with E-state index in [0.717, 1.165) is 22.1 Å². The first-order valence-electron chi connectivity index (χ1n) is 6.70. The molecule has 4 nitrogen and oxygen atoms in total. The molecular formula is C16H19ClN4. The number of anilines is 1. The molecule has 1 aromatic carbocycles. The van der Waals surface area contributed by atoms with Gasteiger partial charge in [-0.25, -0.2) is 4.98 Å². The number of nitrogens with zero attached hydrogens (tertiary/aromatic N) is 2. The van der Waals surface area contributed by atoms with Crippen molar-refractivity contribution in [2.75, 3.05) is 11.9 Å². The maximum atomic E-state index is 7.58. The summed E-state index contributed by atoms with van der Waals surface area (Å²) in [5.74, 6) is 0.832. The van der Waals surface area contributed by atoms with Crippen LogP contribution in [-0.2, 0) is 0 Å². The van der Waals surface area contributed by atoms with Crippen LogP contribution in [0.5, 0.6) is 0 Å². The number of hydrogen-bond acceptors (Lipinski definition) is 3. The average Bonchev–Trinajstić information content (AvgIpc) is 2.45. The van der Waals surface area contributed by atoms with E-state index in [1.807, 2.05) is 55.3 Å². The van der Waals surface area contributed by atoms with Gasteiger partial charge in [0.2, 0.25) is 0 Å². The summed E-state index contributed by atoms with van der Waals surface area (Å²) in [5.41, 5.74) is 8.21. The van der Waals surface area contributed by atoms with Crippen molar-refractivity contribution < 1.29 is 0 Å². The van der Waals surface area contributed by atoms with E-state index in [9.17, 15) is 0 Å². The van der Waals surface area contributed by atoms with Crippen LogP contribution in [0.1, 0.15) is 29.8 Å². The summed E-state index contributed by atoms with van der Waals surface area (Å²) < 4.78 is 0. The van der Waals surface area contributed by atoms with Crippen LogP contribution in [0.25, 0.3) is 0 Å². The van der Waals surface area contributed by atoms with Gasteiger partial charge in [0.15, 0.2) is 0 Å². The van der Waals surface area contributed by atoms with E-state index in [0.29, 0.717) is 5.56 Å². The third-order valence-electron chi connectivity index (χ3n) is 3.52. The van der Waals surface area contributed by atoms with Gasteiger partial charge in [-0.3, -0.25) is 5.41 Å². The lowest BCUT2D eigenvalue weighted by atomic mass is 10.1. The van der Waals surface area contributed by atoms with Crippen molar-refractivity contribution >= 4 is 23.3 Å². The average molecular weight is 303 g/mol. The molecule has 1 atom stereocenters. The summed E-state index contributed by atoms with van der Waals surface area (Å²) >= 11 is 6.05. The highest BCUT2D eigenvalue weighted by Crippen LogP contribution is 2.26. The molecule has 5 heteroatoms. The first-order valence-corrected chi connectivity index (χ1v) is 7.07. The fourth-order valence-corrected chi connectivity index (χ4v) is 2.37. The molecule has 0 bridgehead atoms. The van der Waals surface area contributed by atoms with Gasteiger partial charge in [-0.1, -0.05) is 23.7 Å². The number of nitrogen functional groups attached to an aromatic ring is 1. The van der Waals surface area contributed by atoms with Gasteiger partial charge in [0.05, 0.1) is 6.04 Å². The molecule has 0 aliphatic heterocycles. The molecule has 0 radical (unpaired) electrons. The minimum absolute atomic E-state index is 0.0468. The molecule has 1 aromatic heterocycles. The van der Waals surface area contributed by atoms with Gasteiger partial charge < -0.3 is 10.6 Å². The van der Waals surface area contributed by atoms with Crippen molar-refractivity contribution in [2.45, 2.75) is 19.9 Å². The van der Waals surface area contributed by atoms with Crippen LogP contribution in [0, 0.1) is 12.3 Å². The van der Waals surface area contributed by atoms with Gasteiger partial charge in [0, 0.05) is 23.3 Å². The highest BCUT2D eigenvalue weighted by molar-refractivity contribution is 6.30. The zero-order valence-electron chi connectivity index (χ0n) is 12.4. The van der Waals surface area contributed by atoms with E-state index in [2.05, 4.69) is 11.9 Å². The van der Waals surface area contributed by atoms with E-state index in [4.69, 9.17) is 22.7 Å². The van der Waals surface area contributed by atoms with E-state index >= 15 is 0 Å². The number of nitrogens with one attached hydrogen (secondary N) is 1. The van der Waals surface area contributed by atoms with Crippen molar-refractivity contribution in [3.8, 4) is 0 Å². The molecule has 0 saturated carbocycles. The number of rotatable bonds is 4. The van der Waals surface area contributed by atoms with Crippen LogP contribution in [0.2, 0.25) is 5.02 Å². The summed E-state index contributed by atoms with van der Waals surface area (Å²) in [5, 5.41) is 8.30. The molecule has 0 aliphatic rings. The van der Waals surface area contributed by atoms with E-state index in [1.165, 1.54) is 0 Å². The summed E-state index contributed by atoms with van der Waals surface area (Å²) in [6.07, 6.45) is 0. The van der Waals surface area contributed by atoms with Crippen molar-refractivity contribution in [3.63, 3.8) is 0 Å². The number of pyridine rings is 1. The topological polar surface area (TPSA) is 66.0 Å². The number of halogens is 1. The number of benzene rings is 1. The number of amidine groups is 1. The smallest absolute Gasteiger partial charge is 0.129 e. The first kappa shape index (κ1) is 15.3. The van der Waals surface area contributed by atoms with Crippen molar-refractivity contribution in [3.05, 3.63) is 58.2 Å². The number of aryl methyl sites for hydroxylation is 1. The van der Waals surface area contributed by atoms with Gasteiger partial charge in [0.25, 0.3) is 0 Å². The number of hydrogen-bond donors (Lipinski definition) is 2. The Hall–Kier alpha value is -2.07. The Kier molecular flexibility index (Phi) is 4.48. The van der Waals surface area contributed by atoms with Crippen molar-refractivity contribution in [2.24, 2.45) is 5.73 Å². The summed E-state index contributed by atoms with van der Waals surface area (Å²) in [6, 6.07) is 11.5. The molecule has 0 saturated heterocycles. The lowest BCUT2D eigenvalue weighted by molar-refractivity contribution is 0.727. The van der Waals surface area contributed by atoms with Gasteiger partial charge in [-0.05, 0) is 43.7 Å². The van der Waals surface area contributed by atoms with E-state index < -0.39 is 0 Å². The lowest BCUT2D eigenvalue weighted by Gasteiger charge is -2.27. The van der Waals surface area contributed by atoms with Crippen LogP contribution in [0.15, 0.2) is 36.4 Å². The molecule has 0 spiro atoms. The van der Waals surface area contributed by atoms with Crippen LogP contribution in [0.3, 0.4) is 0 Å². The molecule has 2 rings (SSSR count). The van der Waals surface area contributed by atoms with Crippen LogP contribution < -0.4 is 10.6 Å². The standard InChI is InChI=1S/C16H19ClN4/c1-10-7-13(16(18)19)9-15(20-10)21(3)11(2)12-5-4-6-14(17)8-12/h4-9,11H,1-3H3,(H3,18,19). The lowest BCUT2D eigenvalue weighted by Crippen LogP contribution is -2.24. The Labute approximate surface area is 130 Å². The molecule has 2 aromatic rings. The summed E-state index contributed by atoms with van der Waals surface area (Å²) in [4.78, 5) is 6.57. The molecule has 3 N–H and O–H groups in total. The van der Waals surface area contributed by atoms with Crippen LogP contribution in [-0.4, -0.2) is 17.9 Å². The first-order chi connectivity index (χ1) is 9.88. The largest absolute Gasteiger partial charge is 0.384 e. The minimum atomic E-state index is 0.0468. The molecule has 0 amide bonds. The molecule has 0 aliphatic carbocycles. The van der Waals surface area contributed by atoms with E-state index in [-0.39, 0.29) is 11.9 Å². The SMILES string of the molecule is Cc1cc(C(=N)N)cc(N(C)C(C)c2cccc(Cl)c2)n1. The molecular weight excluding hydrogens is 284 g/mol. The number of aromatic nitrogens is 1. The Morgan fingerprint density at radius 1 is 1.33 bits per heavy atom. The van der Waals surface area contributed by atoms with Crippen molar-refractivity contribution in [1.29, 1.82) is 5.41 Å². The second-order valence-corrected chi connectivity index (χ2v) is 5.55. The van der Waals surface area contributed by atoms with Crippen LogP contribution in [0.4, 0.5) is 5.82 Å². The Bertz CT molecular complexity index is 669. The zero-order valence-corrected chi connectivity index (χ0v) is 13.1. The fourth-order valence-electron chi connectivity index (χ4n) is 2.18. The van der Waals surface area contributed by atoms with Crippen LogP contribution >= 0.6 is 11.6 Å². The van der Waals surface area contributed by atoms with E-state index in [1.54, 1.807) is 0 Å². The Balaban J connectivity index is 2.35. The molecule has 1 unspecified atom stereocenters. The molecule has 110 valence electrons. The van der Waals surface area contributed by atoms with Gasteiger partial charge in [0.1, 0.15) is 11.7 Å². The molecule has 21 heavy (non-hydrogen) atoms. The molecule has 1 heterocycles. The zero-order chi connectivity index (χ0) is 15.6. The minimum Gasteiger partial charge on any atom is -0.384 e.